The van der Waals surface area contributed by atoms with Crippen molar-refractivity contribution in [1.82, 2.24) is 0 Å². The SMILES string of the molecule is C1CO1.C=C(CO)C(=O)O. The Bertz CT molecular complexity index is 125. The molecule has 0 unspecified atom stereocenters. The van der Waals surface area contributed by atoms with Crippen LogP contribution in [0.2, 0.25) is 0 Å². The van der Waals surface area contributed by atoms with Gasteiger partial charge in [-0.25, -0.2) is 4.79 Å². The number of carbonyl (C=O) groups is 1. The van der Waals surface area contributed by atoms with Crippen molar-refractivity contribution in [3.05, 3.63) is 12.2 Å². The van der Waals surface area contributed by atoms with Gasteiger partial charge in [-0.2, -0.15) is 0 Å². The van der Waals surface area contributed by atoms with Crippen LogP contribution >= 0.6 is 0 Å². The number of carboxylic acid groups (broad SMARTS) is 1. The van der Waals surface area contributed by atoms with E-state index in [4.69, 9.17) is 10.2 Å². The molecule has 0 aromatic carbocycles. The summed E-state index contributed by atoms with van der Waals surface area (Å²) in [6, 6.07) is 0. The maximum atomic E-state index is 9.67. The number of aliphatic hydroxyl groups excluding tert-OH is 1. The fraction of sp³-hybridized carbons (Fsp3) is 0.500. The highest BCUT2D eigenvalue weighted by Crippen LogP contribution is 1.84. The Morgan fingerprint density at radius 3 is 2.00 bits per heavy atom. The molecule has 58 valence electrons. The maximum absolute atomic E-state index is 9.67. The van der Waals surface area contributed by atoms with Gasteiger partial charge >= 0.3 is 5.97 Å². The summed E-state index contributed by atoms with van der Waals surface area (Å²) in [4.78, 5) is 9.67. The van der Waals surface area contributed by atoms with E-state index in [9.17, 15) is 4.79 Å². The molecular weight excluding hydrogens is 136 g/mol. The number of rotatable bonds is 2. The number of hydrogen-bond donors (Lipinski definition) is 2. The molecule has 1 rings (SSSR count). The molecule has 0 radical (unpaired) electrons. The van der Waals surface area contributed by atoms with E-state index in [0.29, 0.717) is 0 Å². The van der Waals surface area contributed by atoms with Crippen LogP contribution in [0.25, 0.3) is 0 Å². The normalized spacial score (nSPS) is 12.9. The van der Waals surface area contributed by atoms with E-state index >= 15 is 0 Å². The summed E-state index contributed by atoms with van der Waals surface area (Å²) in [6.45, 7) is 4.55. The molecule has 4 nitrogen and oxygen atoms in total. The predicted octanol–water partition coefficient (Wildman–Crippen LogP) is -0.364. The molecule has 0 aromatic rings. The van der Waals surface area contributed by atoms with Crippen LogP contribution in [0.3, 0.4) is 0 Å². The average molecular weight is 146 g/mol. The molecule has 0 amide bonds. The molecule has 0 aromatic heterocycles. The third-order valence-corrected chi connectivity index (χ3v) is 0.697. The molecular formula is C6H10O4. The van der Waals surface area contributed by atoms with E-state index in [0.717, 1.165) is 13.2 Å². The van der Waals surface area contributed by atoms with Crippen LogP contribution < -0.4 is 0 Å². The zero-order chi connectivity index (χ0) is 7.98. The van der Waals surface area contributed by atoms with Gasteiger partial charge in [0.05, 0.1) is 25.4 Å². The minimum Gasteiger partial charge on any atom is -0.478 e. The van der Waals surface area contributed by atoms with Gasteiger partial charge < -0.3 is 14.9 Å². The summed E-state index contributed by atoms with van der Waals surface area (Å²) in [5.74, 6) is -1.15. The average Bonchev–Trinajstić information content (AvgIpc) is 2.70. The van der Waals surface area contributed by atoms with Gasteiger partial charge in [-0.15, -0.1) is 0 Å². The molecule has 1 aliphatic rings. The maximum Gasteiger partial charge on any atom is 0.333 e. The van der Waals surface area contributed by atoms with Gasteiger partial charge in [0.25, 0.3) is 0 Å². The second-order valence-electron chi connectivity index (χ2n) is 1.68. The first kappa shape index (κ1) is 9.13. The lowest BCUT2D eigenvalue weighted by Gasteiger charge is -1.87. The summed E-state index contributed by atoms with van der Waals surface area (Å²) < 4.78 is 4.50. The second kappa shape index (κ2) is 4.96. The van der Waals surface area contributed by atoms with Crippen LogP contribution in [0.1, 0.15) is 0 Å². The molecule has 0 atom stereocenters. The van der Waals surface area contributed by atoms with Gasteiger partial charge in [0.1, 0.15) is 0 Å². The van der Waals surface area contributed by atoms with Crippen molar-refractivity contribution in [3.63, 3.8) is 0 Å². The van der Waals surface area contributed by atoms with Crippen molar-refractivity contribution < 1.29 is 19.7 Å². The quantitative estimate of drug-likeness (QED) is 0.412. The molecule has 1 saturated heterocycles. The third kappa shape index (κ3) is 7.13. The number of aliphatic carboxylic acids is 1. The van der Waals surface area contributed by atoms with Crippen molar-refractivity contribution in [3.8, 4) is 0 Å². The highest BCUT2D eigenvalue weighted by atomic mass is 16.6. The van der Waals surface area contributed by atoms with Gasteiger partial charge in [-0.3, -0.25) is 0 Å². The summed E-state index contributed by atoms with van der Waals surface area (Å²) in [5, 5.41) is 15.9. The van der Waals surface area contributed by atoms with E-state index in [1.807, 2.05) is 0 Å². The van der Waals surface area contributed by atoms with Crippen LogP contribution in [0.4, 0.5) is 0 Å². The van der Waals surface area contributed by atoms with E-state index in [1.165, 1.54) is 0 Å². The number of carboxylic acids is 1. The molecule has 0 aliphatic carbocycles. The lowest BCUT2D eigenvalue weighted by molar-refractivity contribution is -0.133. The van der Waals surface area contributed by atoms with Crippen molar-refractivity contribution >= 4 is 5.97 Å². The molecule has 1 heterocycles. The largest absolute Gasteiger partial charge is 0.478 e. The number of ether oxygens (including phenoxy) is 1. The van der Waals surface area contributed by atoms with Crippen LogP contribution in [0.15, 0.2) is 12.2 Å². The molecule has 1 fully saturated rings. The zero-order valence-electron chi connectivity index (χ0n) is 5.54. The fourth-order valence-corrected chi connectivity index (χ4v) is 0.0676. The highest BCUT2D eigenvalue weighted by molar-refractivity contribution is 5.85. The third-order valence-electron chi connectivity index (χ3n) is 0.697. The lowest BCUT2D eigenvalue weighted by Crippen LogP contribution is -2.01. The molecule has 2 N–H and O–H groups in total. The Balaban J connectivity index is 0.000000219. The van der Waals surface area contributed by atoms with Crippen LogP contribution in [0.5, 0.6) is 0 Å². The molecule has 0 saturated carbocycles. The van der Waals surface area contributed by atoms with Crippen molar-refractivity contribution in [1.29, 1.82) is 0 Å². The monoisotopic (exact) mass is 146 g/mol. The summed E-state index contributed by atoms with van der Waals surface area (Å²) in [5.41, 5.74) is -0.181. The van der Waals surface area contributed by atoms with E-state index in [-0.39, 0.29) is 5.57 Å². The molecule has 0 spiro atoms. The summed E-state index contributed by atoms with van der Waals surface area (Å²) in [6.07, 6.45) is 0. The van der Waals surface area contributed by atoms with Crippen LogP contribution in [0, 0.1) is 0 Å². The van der Waals surface area contributed by atoms with Crippen molar-refractivity contribution in [2.24, 2.45) is 0 Å². The van der Waals surface area contributed by atoms with Gasteiger partial charge in [-0.05, 0) is 0 Å². The van der Waals surface area contributed by atoms with Gasteiger partial charge in [-0.1, -0.05) is 6.58 Å². The van der Waals surface area contributed by atoms with Gasteiger partial charge in [0, 0.05) is 0 Å². The smallest absolute Gasteiger partial charge is 0.333 e. The van der Waals surface area contributed by atoms with E-state index < -0.39 is 12.6 Å². The van der Waals surface area contributed by atoms with Crippen LogP contribution in [-0.2, 0) is 9.53 Å². The van der Waals surface area contributed by atoms with Crippen molar-refractivity contribution in [2.45, 2.75) is 0 Å². The highest BCUT2D eigenvalue weighted by Gasteiger charge is 1.97. The summed E-state index contributed by atoms with van der Waals surface area (Å²) >= 11 is 0. The standard InChI is InChI=1S/C4H6O3.C2H4O/c1-3(2-5)4(6)7;1-2-3-1/h5H,1-2H2,(H,6,7);1-2H2. The predicted molar refractivity (Wildman–Crippen MR) is 34.7 cm³/mol. The first-order chi connectivity index (χ1) is 4.68. The number of epoxide rings is 1. The minimum atomic E-state index is -1.15. The number of hydrogen-bond acceptors (Lipinski definition) is 3. The Hall–Kier alpha value is -0.870. The lowest BCUT2D eigenvalue weighted by atomic mass is 10.3. The molecule has 0 bridgehead atoms. The van der Waals surface area contributed by atoms with E-state index in [1.54, 1.807) is 0 Å². The van der Waals surface area contributed by atoms with Crippen molar-refractivity contribution in [2.75, 3.05) is 19.8 Å². The minimum absolute atomic E-state index is 0.181. The Labute approximate surface area is 58.7 Å². The summed E-state index contributed by atoms with van der Waals surface area (Å²) in [7, 11) is 0. The Morgan fingerprint density at radius 1 is 1.60 bits per heavy atom. The first-order valence-electron chi connectivity index (χ1n) is 2.78. The van der Waals surface area contributed by atoms with E-state index in [2.05, 4.69) is 11.3 Å². The topological polar surface area (TPSA) is 70.1 Å². The van der Waals surface area contributed by atoms with Crippen LogP contribution in [-0.4, -0.2) is 36.0 Å². The zero-order valence-corrected chi connectivity index (χ0v) is 5.54. The number of aliphatic hydroxyl groups is 1. The molecule has 10 heavy (non-hydrogen) atoms. The fourth-order valence-electron chi connectivity index (χ4n) is 0.0676. The second-order valence-corrected chi connectivity index (χ2v) is 1.68. The Morgan fingerprint density at radius 2 is 2.00 bits per heavy atom. The molecule has 1 aliphatic heterocycles. The Kier molecular flexibility index (Phi) is 4.53. The van der Waals surface area contributed by atoms with Gasteiger partial charge in [0.2, 0.25) is 0 Å². The first-order valence-corrected chi connectivity index (χ1v) is 2.78. The molecule has 4 heteroatoms. The van der Waals surface area contributed by atoms with Gasteiger partial charge in [0.15, 0.2) is 0 Å².